The summed E-state index contributed by atoms with van der Waals surface area (Å²) < 4.78 is 15.6. The number of benzene rings is 1. The molecule has 0 spiro atoms. The maximum Gasteiger partial charge on any atom is 0.323 e. The molecule has 0 saturated heterocycles. The zero-order valence-electron chi connectivity index (χ0n) is 11.8. The molecule has 0 aliphatic heterocycles. The van der Waals surface area contributed by atoms with Crippen LogP contribution in [0.3, 0.4) is 0 Å². The minimum Gasteiger partial charge on any atom is -0.493 e. The molecule has 0 fully saturated rings. The number of thioether (sulfide) groups is 1. The summed E-state index contributed by atoms with van der Waals surface area (Å²) in [5.41, 5.74) is 5.69. The fourth-order valence-corrected chi connectivity index (χ4v) is 2.23. The van der Waals surface area contributed by atoms with Gasteiger partial charge < -0.3 is 19.9 Å². The van der Waals surface area contributed by atoms with Crippen LogP contribution in [0.25, 0.3) is 0 Å². The number of carbonyl (C=O) groups excluding carboxylic acids is 1. The molecule has 1 aromatic carbocycles. The number of carbonyl (C=O) groups is 1. The first-order chi connectivity index (χ1) is 9.69. The van der Waals surface area contributed by atoms with Crippen molar-refractivity contribution < 1.29 is 19.0 Å². The fourth-order valence-electron chi connectivity index (χ4n) is 1.48. The van der Waals surface area contributed by atoms with Gasteiger partial charge in [0.05, 0.1) is 20.3 Å². The Labute approximate surface area is 123 Å². The number of hydrogen-bond acceptors (Lipinski definition) is 6. The molecule has 112 valence electrons. The van der Waals surface area contributed by atoms with Crippen LogP contribution in [0, 0.1) is 0 Å². The van der Waals surface area contributed by atoms with Crippen LogP contribution in [0.5, 0.6) is 11.5 Å². The smallest absolute Gasteiger partial charge is 0.323 e. The van der Waals surface area contributed by atoms with Gasteiger partial charge in [0.15, 0.2) is 11.5 Å². The van der Waals surface area contributed by atoms with Gasteiger partial charge in [0, 0.05) is 11.5 Å². The Morgan fingerprint density at radius 3 is 2.70 bits per heavy atom. The van der Waals surface area contributed by atoms with E-state index in [1.807, 2.05) is 24.3 Å². The summed E-state index contributed by atoms with van der Waals surface area (Å²) in [5.74, 6) is 2.33. The number of ether oxygens (including phenoxy) is 3. The lowest BCUT2D eigenvalue weighted by atomic mass is 10.3. The molecule has 1 aromatic rings. The van der Waals surface area contributed by atoms with Crippen LogP contribution in [0.1, 0.15) is 6.92 Å². The third-order valence-corrected chi connectivity index (χ3v) is 3.49. The SMILES string of the molecule is CCOC(=O)C(N)CSCCOc1ccccc1OC. The van der Waals surface area contributed by atoms with Gasteiger partial charge in [0.1, 0.15) is 6.04 Å². The van der Waals surface area contributed by atoms with Crippen molar-refractivity contribution in [1.29, 1.82) is 0 Å². The minimum absolute atomic E-state index is 0.355. The van der Waals surface area contributed by atoms with Gasteiger partial charge in [0.25, 0.3) is 0 Å². The van der Waals surface area contributed by atoms with Gasteiger partial charge in [-0.15, -0.1) is 0 Å². The first kappa shape index (κ1) is 16.7. The van der Waals surface area contributed by atoms with Crippen molar-refractivity contribution in [2.24, 2.45) is 5.73 Å². The molecular formula is C14H21NO4S. The van der Waals surface area contributed by atoms with E-state index in [1.165, 1.54) is 0 Å². The summed E-state index contributed by atoms with van der Waals surface area (Å²) in [6.07, 6.45) is 0. The van der Waals surface area contributed by atoms with Crippen molar-refractivity contribution in [1.82, 2.24) is 0 Å². The second kappa shape index (κ2) is 9.50. The van der Waals surface area contributed by atoms with Crippen LogP contribution < -0.4 is 15.2 Å². The summed E-state index contributed by atoms with van der Waals surface area (Å²) in [6.45, 7) is 2.65. The highest BCUT2D eigenvalue weighted by molar-refractivity contribution is 7.99. The Balaban J connectivity index is 2.20. The molecule has 1 unspecified atom stereocenters. The van der Waals surface area contributed by atoms with E-state index in [1.54, 1.807) is 25.8 Å². The van der Waals surface area contributed by atoms with E-state index in [4.69, 9.17) is 19.9 Å². The Hall–Kier alpha value is -1.40. The summed E-state index contributed by atoms with van der Waals surface area (Å²) in [5, 5.41) is 0. The molecule has 0 aliphatic carbocycles. The molecule has 0 heterocycles. The number of esters is 1. The lowest BCUT2D eigenvalue weighted by Gasteiger charge is -2.11. The maximum absolute atomic E-state index is 11.3. The first-order valence-electron chi connectivity index (χ1n) is 6.44. The zero-order chi connectivity index (χ0) is 14.8. The second-order valence-corrected chi connectivity index (χ2v) is 5.08. The van der Waals surface area contributed by atoms with Crippen molar-refractivity contribution in [3.8, 4) is 11.5 Å². The summed E-state index contributed by atoms with van der Waals surface area (Å²) >= 11 is 1.56. The molecule has 2 N–H and O–H groups in total. The van der Waals surface area contributed by atoms with E-state index in [9.17, 15) is 4.79 Å². The molecule has 0 aromatic heterocycles. The Kier molecular flexibility index (Phi) is 7.91. The summed E-state index contributed by atoms with van der Waals surface area (Å²) in [6, 6.07) is 6.90. The molecule has 1 rings (SSSR count). The van der Waals surface area contributed by atoms with Crippen LogP contribution in [0.2, 0.25) is 0 Å². The van der Waals surface area contributed by atoms with Gasteiger partial charge in [0.2, 0.25) is 0 Å². The van der Waals surface area contributed by atoms with Gasteiger partial charge in [-0.3, -0.25) is 4.79 Å². The van der Waals surface area contributed by atoms with Crippen LogP contribution in [0.4, 0.5) is 0 Å². The van der Waals surface area contributed by atoms with Gasteiger partial charge in [-0.25, -0.2) is 0 Å². The van der Waals surface area contributed by atoms with Crippen molar-refractivity contribution >= 4 is 17.7 Å². The van der Waals surface area contributed by atoms with Crippen LogP contribution in [-0.2, 0) is 9.53 Å². The molecule has 0 amide bonds. The highest BCUT2D eigenvalue weighted by atomic mass is 32.2. The molecule has 1 atom stereocenters. The number of rotatable bonds is 9. The van der Waals surface area contributed by atoms with Gasteiger partial charge in [-0.1, -0.05) is 12.1 Å². The standard InChI is InChI=1S/C14H21NO4S/c1-3-18-14(16)11(15)10-20-9-8-19-13-7-5-4-6-12(13)17-2/h4-7,11H,3,8-10,15H2,1-2H3. The Morgan fingerprint density at radius 1 is 1.35 bits per heavy atom. The highest BCUT2D eigenvalue weighted by Crippen LogP contribution is 2.25. The van der Waals surface area contributed by atoms with Crippen LogP contribution >= 0.6 is 11.8 Å². The first-order valence-corrected chi connectivity index (χ1v) is 7.60. The summed E-state index contributed by atoms with van der Waals surface area (Å²) in [4.78, 5) is 11.3. The Bertz CT molecular complexity index is 414. The maximum atomic E-state index is 11.3. The molecule has 0 bridgehead atoms. The second-order valence-electron chi connectivity index (χ2n) is 3.93. The molecule has 0 aliphatic rings. The van der Waals surface area contributed by atoms with Crippen molar-refractivity contribution in [2.45, 2.75) is 13.0 Å². The average molecular weight is 299 g/mol. The Morgan fingerprint density at radius 2 is 2.05 bits per heavy atom. The minimum atomic E-state index is -0.578. The lowest BCUT2D eigenvalue weighted by Crippen LogP contribution is -2.34. The molecule has 0 saturated carbocycles. The van der Waals surface area contributed by atoms with Crippen molar-refractivity contribution in [3.05, 3.63) is 24.3 Å². The van der Waals surface area contributed by atoms with E-state index >= 15 is 0 Å². The summed E-state index contributed by atoms with van der Waals surface area (Å²) in [7, 11) is 1.61. The van der Waals surface area contributed by atoms with Crippen LogP contribution in [0.15, 0.2) is 24.3 Å². The highest BCUT2D eigenvalue weighted by Gasteiger charge is 2.13. The largest absolute Gasteiger partial charge is 0.493 e. The third-order valence-electron chi connectivity index (χ3n) is 2.44. The molecular weight excluding hydrogens is 278 g/mol. The quantitative estimate of drug-likeness (QED) is 0.553. The monoisotopic (exact) mass is 299 g/mol. The van der Waals surface area contributed by atoms with E-state index in [0.717, 1.165) is 5.75 Å². The predicted octanol–water partition coefficient (Wildman–Crippen LogP) is 1.70. The number of methoxy groups -OCH3 is 1. The predicted molar refractivity (Wildman–Crippen MR) is 80.4 cm³/mol. The number of hydrogen-bond donors (Lipinski definition) is 1. The normalized spacial score (nSPS) is 11.8. The van der Waals surface area contributed by atoms with Crippen molar-refractivity contribution in [3.63, 3.8) is 0 Å². The van der Waals surface area contributed by atoms with Gasteiger partial charge in [-0.05, 0) is 19.1 Å². The molecule has 0 radical (unpaired) electrons. The van der Waals surface area contributed by atoms with E-state index < -0.39 is 6.04 Å². The van der Waals surface area contributed by atoms with Crippen LogP contribution in [-0.4, -0.2) is 43.8 Å². The third kappa shape index (κ3) is 5.71. The van der Waals surface area contributed by atoms with Gasteiger partial charge >= 0.3 is 5.97 Å². The van der Waals surface area contributed by atoms with E-state index in [0.29, 0.717) is 30.5 Å². The fraction of sp³-hybridized carbons (Fsp3) is 0.500. The van der Waals surface area contributed by atoms with E-state index in [2.05, 4.69) is 0 Å². The number of nitrogens with two attached hydrogens (primary N) is 1. The van der Waals surface area contributed by atoms with Gasteiger partial charge in [-0.2, -0.15) is 11.8 Å². The topological polar surface area (TPSA) is 70.8 Å². The molecule has 20 heavy (non-hydrogen) atoms. The average Bonchev–Trinajstić information content (AvgIpc) is 2.47. The number of para-hydroxylation sites is 2. The van der Waals surface area contributed by atoms with E-state index in [-0.39, 0.29) is 5.97 Å². The zero-order valence-corrected chi connectivity index (χ0v) is 12.7. The molecule has 5 nitrogen and oxygen atoms in total. The van der Waals surface area contributed by atoms with Crippen molar-refractivity contribution in [2.75, 3.05) is 31.8 Å². The molecule has 6 heteroatoms. The lowest BCUT2D eigenvalue weighted by molar-refractivity contribution is -0.144.